The van der Waals surface area contributed by atoms with Crippen LogP contribution in [-0.2, 0) is 5.88 Å². The maximum atomic E-state index is 5.74. The molecule has 76 valence electrons. The van der Waals surface area contributed by atoms with Gasteiger partial charge in [0.25, 0.3) is 0 Å². The minimum atomic E-state index is 0.604. The molecule has 0 unspecified atom stereocenters. The summed E-state index contributed by atoms with van der Waals surface area (Å²) >= 11 is 5.74. The molecule has 14 heavy (non-hydrogen) atoms. The van der Waals surface area contributed by atoms with Gasteiger partial charge >= 0.3 is 0 Å². The third-order valence-electron chi connectivity index (χ3n) is 2.76. The Hall–Kier alpha value is -0.690. The van der Waals surface area contributed by atoms with Crippen molar-refractivity contribution in [3.8, 4) is 0 Å². The normalized spacial score (nSPS) is 15.6. The summed E-state index contributed by atoms with van der Waals surface area (Å²) in [7, 11) is 2.16. The van der Waals surface area contributed by atoms with Gasteiger partial charge in [-0.15, -0.1) is 11.6 Å². The van der Waals surface area contributed by atoms with Crippen molar-refractivity contribution in [2.45, 2.75) is 18.7 Å². The van der Waals surface area contributed by atoms with Crippen LogP contribution < -0.4 is 4.90 Å². The first-order chi connectivity index (χ1) is 6.79. The molecule has 0 amide bonds. The fraction of sp³-hybridized carbons (Fsp3) is 0.500. The summed E-state index contributed by atoms with van der Waals surface area (Å²) in [5.41, 5.74) is 2.49. The van der Waals surface area contributed by atoms with E-state index in [1.54, 1.807) is 0 Å². The zero-order valence-corrected chi connectivity index (χ0v) is 9.30. The van der Waals surface area contributed by atoms with Gasteiger partial charge in [-0.3, -0.25) is 0 Å². The lowest BCUT2D eigenvalue weighted by Gasteiger charge is -2.19. The molecule has 0 saturated heterocycles. The van der Waals surface area contributed by atoms with Gasteiger partial charge < -0.3 is 4.90 Å². The van der Waals surface area contributed by atoms with Gasteiger partial charge in [0, 0.05) is 25.2 Å². The van der Waals surface area contributed by atoms with E-state index in [-0.39, 0.29) is 0 Å². The average molecular weight is 210 g/mol. The van der Waals surface area contributed by atoms with E-state index in [1.807, 2.05) is 0 Å². The summed E-state index contributed by atoms with van der Waals surface area (Å²) in [6.45, 7) is 1.19. The third kappa shape index (κ3) is 2.42. The highest BCUT2D eigenvalue weighted by atomic mass is 35.5. The van der Waals surface area contributed by atoms with Crippen molar-refractivity contribution >= 4 is 17.3 Å². The van der Waals surface area contributed by atoms with Gasteiger partial charge in [-0.05, 0) is 36.5 Å². The van der Waals surface area contributed by atoms with Gasteiger partial charge in [-0.2, -0.15) is 0 Å². The number of hydrogen-bond acceptors (Lipinski definition) is 1. The van der Waals surface area contributed by atoms with Gasteiger partial charge in [0.2, 0.25) is 0 Å². The second-order valence-corrected chi connectivity index (χ2v) is 4.39. The molecule has 2 heteroatoms. The molecule has 1 aliphatic rings. The van der Waals surface area contributed by atoms with Gasteiger partial charge in [-0.25, -0.2) is 0 Å². The van der Waals surface area contributed by atoms with Crippen LogP contribution in [0.4, 0.5) is 5.69 Å². The molecule has 0 spiro atoms. The highest BCUT2D eigenvalue weighted by Gasteiger charge is 2.22. The Bertz CT molecular complexity index is 290. The zero-order chi connectivity index (χ0) is 9.97. The Labute approximate surface area is 90.7 Å². The van der Waals surface area contributed by atoms with Crippen LogP contribution in [0.5, 0.6) is 0 Å². The van der Waals surface area contributed by atoms with Gasteiger partial charge in [-0.1, -0.05) is 12.1 Å². The average Bonchev–Trinajstić information content (AvgIpc) is 3.02. The number of anilines is 1. The Morgan fingerprint density at radius 2 is 1.93 bits per heavy atom. The van der Waals surface area contributed by atoms with Gasteiger partial charge in [0.15, 0.2) is 0 Å². The van der Waals surface area contributed by atoms with E-state index in [0.717, 1.165) is 5.92 Å². The first kappa shape index (κ1) is 9.85. The lowest BCUT2D eigenvalue weighted by Crippen LogP contribution is -2.19. The Morgan fingerprint density at radius 3 is 2.43 bits per heavy atom. The Kier molecular flexibility index (Phi) is 2.97. The maximum absolute atomic E-state index is 5.74. The smallest absolute Gasteiger partial charge is 0.0474 e. The number of alkyl halides is 1. The molecule has 1 aliphatic carbocycles. The molecule has 1 aromatic carbocycles. The Balaban J connectivity index is 1.99. The number of nitrogens with zero attached hydrogens (tertiary/aromatic N) is 1. The molecule has 0 N–H and O–H groups in total. The SMILES string of the molecule is CN(CC1CC1)c1ccc(CCl)cc1. The van der Waals surface area contributed by atoms with Crippen molar-refractivity contribution in [3.05, 3.63) is 29.8 Å². The first-order valence-electron chi connectivity index (χ1n) is 5.15. The van der Waals surface area contributed by atoms with Crippen molar-refractivity contribution in [1.82, 2.24) is 0 Å². The highest BCUT2D eigenvalue weighted by molar-refractivity contribution is 6.17. The molecule has 1 aromatic rings. The molecule has 0 bridgehead atoms. The van der Waals surface area contributed by atoms with E-state index >= 15 is 0 Å². The van der Waals surface area contributed by atoms with E-state index in [2.05, 4.69) is 36.2 Å². The molecule has 0 heterocycles. The monoisotopic (exact) mass is 209 g/mol. The summed E-state index contributed by atoms with van der Waals surface area (Å²) in [4.78, 5) is 2.33. The predicted molar refractivity (Wildman–Crippen MR) is 62.0 cm³/mol. The maximum Gasteiger partial charge on any atom is 0.0474 e. The van der Waals surface area contributed by atoms with Gasteiger partial charge in [0.05, 0.1) is 0 Å². The number of halogens is 1. The molecule has 1 saturated carbocycles. The summed E-state index contributed by atoms with van der Waals surface area (Å²) in [6, 6.07) is 8.51. The molecule has 1 nitrogen and oxygen atoms in total. The van der Waals surface area contributed by atoms with Crippen LogP contribution in [-0.4, -0.2) is 13.6 Å². The molecular weight excluding hydrogens is 194 g/mol. The third-order valence-corrected chi connectivity index (χ3v) is 3.07. The van der Waals surface area contributed by atoms with Crippen molar-refractivity contribution in [2.24, 2.45) is 5.92 Å². The van der Waals surface area contributed by atoms with E-state index in [4.69, 9.17) is 11.6 Å². The van der Waals surface area contributed by atoms with Crippen LogP contribution in [0.2, 0.25) is 0 Å². The van der Waals surface area contributed by atoms with Crippen LogP contribution >= 0.6 is 11.6 Å². The molecule has 0 radical (unpaired) electrons. The summed E-state index contributed by atoms with van der Waals surface area (Å²) in [5, 5.41) is 0. The van der Waals surface area contributed by atoms with Crippen molar-refractivity contribution < 1.29 is 0 Å². The van der Waals surface area contributed by atoms with Gasteiger partial charge in [0.1, 0.15) is 0 Å². The van der Waals surface area contributed by atoms with Crippen LogP contribution in [0.25, 0.3) is 0 Å². The van der Waals surface area contributed by atoms with Crippen LogP contribution in [0.15, 0.2) is 24.3 Å². The van der Waals surface area contributed by atoms with E-state index in [9.17, 15) is 0 Å². The first-order valence-corrected chi connectivity index (χ1v) is 5.69. The van der Waals surface area contributed by atoms with E-state index < -0.39 is 0 Å². The number of benzene rings is 1. The second-order valence-electron chi connectivity index (χ2n) is 4.12. The fourth-order valence-corrected chi connectivity index (χ4v) is 1.81. The number of hydrogen-bond donors (Lipinski definition) is 0. The molecule has 1 fully saturated rings. The quantitative estimate of drug-likeness (QED) is 0.688. The highest BCUT2D eigenvalue weighted by Crippen LogP contribution is 2.30. The fourth-order valence-electron chi connectivity index (χ4n) is 1.63. The standard InChI is InChI=1S/C12H16ClN/c1-14(9-11-2-3-11)12-6-4-10(8-13)5-7-12/h4-7,11H,2-3,8-9H2,1H3. The summed E-state index contributed by atoms with van der Waals surface area (Å²) < 4.78 is 0. The minimum Gasteiger partial charge on any atom is -0.374 e. The molecular formula is C12H16ClN. The van der Waals surface area contributed by atoms with E-state index in [1.165, 1.54) is 30.6 Å². The largest absolute Gasteiger partial charge is 0.374 e. The lowest BCUT2D eigenvalue weighted by molar-refractivity contribution is 0.787. The van der Waals surface area contributed by atoms with Crippen LogP contribution in [0.3, 0.4) is 0 Å². The van der Waals surface area contributed by atoms with E-state index in [0.29, 0.717) is 5.88 Å². The number of rotatable bonds is 4. The molecule has 2 rings (SSSR count). The minimum absolute atomic E-state index is 0.604. The Morgan fingerprint density at radius 1 is 1.29 bits per heavy atom. The molecule has 0 aromatic heterocycles. The van der Waals surface area contributed by atoms with Crippen molar-refractivity contribution in [3.63, 3.8) is 0 Å². The molecule has 0 atom stereocenters. The van der Waals surface area contributed by atoms with Crippen molar-refractivity contribution in [1.29, 1.82) is 0 Å². The summed E-state index contributed by atoms with van der Waals surface area (Å²) in [5.74, 6) is 1.54. The van der Waals surface area contributed by atoms with Crippen LogP contribution in [0.1, 0.15) is 18.4 Å². The lowest BCUT2D eigenvalue weighted by atomic mass is 10.2. The summed E-state index contributed by atoms with van der Waals surface area (Å²) in [6.07, 6.45) is 2.81. The topological polar surface area (TPSA) is 3.24 Å². The second kappa shape index (κ2) is 4.22. The zero-order valence-electron chi connectivity index (χ0n) is 8.54. The van der Waals surface area contributed by atoms with Crippen molar-refractivity contribution in [2.75, 3.05) is 18.5 Å². The molecule has 0 aliphatic heterocycles. The predicted octanol–water partition coefficient (Wildman–Crippen LogP) is 3.27. The van der Waals surface area contributed by atoms with Crippen LogP contribution in [0, 0.1) is 5.92 Å².